The minimum atomic E-state index is 0.300. The normalized spacial score (nSPS) is 30.4. The van der Waals surface area contributed by atoms with Crippen molar-refractivity contribution in [2.75, 3.05) is 0 Å². The predicted molar refractivity (Wildman–Crippen MR) is 70.5 cm³/mol. The van der Waals surface area contributed by atoms with Crippen molar-refractivity contribution in [2.45, 2.75) is 64.7 Å². The van der Waals surface area contributed by atoms with Crippen molar-refractivity contribution in [3.8, 4) is 11.8 Å². The summed E-state index contributed by atoms with van der Waals surface area (Å²) in [6, 6.07) is 0. The summed E-state index contributed by atoms with van der Waals surface area (Å²) in [5.74, 6) is 8.79. The van der Waals surface area contributed by atoms with Gasteiger partial charge in [-0.3, -0.25) is 4.79 Å². The van der Waals surface area contributed by atoms with Crippen LogP contribution in [0.3, 0.4) is 0 Å². The van der Waals surface area contributed by atoms with Crippen LogP contribution in [0.2, 0.25) is 0 Å². The zero-order chi connectivity index (χ0) is 12.1. The molecule has 2 fully saturated rings. The highest BCUT2D eigenvalue weighted by molar-refractivity contribution is 5.78. The van der Waals surface area contributed by atoms with Gasteiger partial charge in [0.25, 0.3) is 0 Å². The Balaban J connectivity index is 1.85. The van der Waals surface area contributed by atoms with Crippen LogP contribution in [0.1, 0.15) is 64.7 Å². The number of rotatable bonds is 1. The lowest BCUT2D eigenvalue weighted by molar-refractivity contribution is -0.121. The summed E-state index contributed by atoms with van der Waals surface area (Å²) in [5, 5.41) is 0. The topological polar surface area (TPSA) is 17.1 Å². The monoisotopic (exact) mass is 232 g/mol. The van der Waals surface area contributed by atoms with E-state index in [0.717, 1.165) is 12.8 Å². The van der Waals surface area contributed by atoms with Gasteiger partial charge in [0.1, 0.15) is 5.78 Å². The lowest BCUT2D eigenvalue weighted by Crippen LogP contribution is -2.20. The third-order valence-electron chi connectivity index (χ3n) is 4.35. The maximum Gasteiger partial charge on any atom is 0.132 e. The maximum atomic E-state index is 11.4. The van der Waals surface area contributed by atoms with Crippen LogP contribution < -0.4 is 0 Å². The molecule has 0 aliphatic heterocycles. The number of carbonyl (C=O) groups is 1. The van der Waals surface area contributed by atoms with Crippen LogP contribution in [0.25, 0.3) is 0 Å². The molecular weight excluding hydrogens is 208 g/mol. The van der Waals surface area contributed by atoms with Crippen molar-refractivity contribution in [3.05, 3.63) is 0 Å². The van der Waals surface area contributed by atoms with Crippen molar-refractivity contribution in [3.63, 3.8) is 0 Å². The van der Waals surface area contributed by atoms with Gasteiger partial charge in [-0.25, -0.2) is 0 Å². The van der Waals surface area contributed by atoms with E-state index in [-0.39, 0.29) is 0 Å². The second kappa shape index (κ2) is 6.24. The van der Waals surface area contributed by atoms with Crippen molar-refractivity contribution in [2.24, 2.45) is 17.8 Å². The van der Waals surface area contributed by atoms with Gasteiger partial charge in [0.05, 0.1) is 0 Å². The summed E-state index contributed by atoms with van der Waals surface area (Å²) >= 11 is 0. The van der Waals surface area contributed by atoms with E-state index in [1.807, 2.05) is 0 Å². The van der Waals surface area contributed by atoms with E-state index in [2.05, 4.69) is 11.8 Å². The van der Waals surface area contributed by atoms with Crippen LogP contribution in [0.4, 0.5) is 0 Å². The first kappa shape index (κ1) is 12.7. The van der Waals surface area contributed by atoms with Gasteiger partial charge >= 0.3 is 0 Å². The molecule has 2 saturated carbocycles. The third kappa shape index (κ3) is 3.87. The molecule has 17 heavy (non-hydrogen) atoms. The van der Waals surface area contributed by atoms with Crippen molar-refractivity contribution >= 4 is 5.78 Å². The van der Waals surface area contributed by atoms with Crippen LogP contribution in [-0.4, -0.2) is 5.78 Å². The number of carbonyl (C=O) groups excluding carboxylic acids is 1. The molecule has 0 aromatic carbocycles. The molecule has 0 heterocycles. The average Bonchev–Trinajstić information content (AvgIpc) is 2.38. The summed E-state index contributed by atoms with van der Waals surface area (Å²) in [6.07, 6.45) is 11.2. The van der Waals surface area contributed by atoms with E-state index in [9.17, 15) is 4.79 Å². The maximum absolute atomic E-state index is 11.4. The largest absolute Gasteiger partial charge is 0.300 e. The van der Waals surface area contributed by atoms with Gasteiger partial charge < -0.3 is 0 Å². The summed E-state index contributed by atoms with van der Waals surface area (Å²) in [4.78, 5) is 11.4. The minimum Gasteiger partial charge on any atom is -0.300 e. The third-order valence-corrected chi connectivity index (χ3v) is 4.35. The Morgan fingerprint density at radius 2 is 1.53 bits per heavy atom. The molecule has 2 aliphatic carbocycles. The standard InChI is InChI=1S/C16H24O/c1-13(17)16-9-5-8-15(12-16)11-10-14-6-3-2-4-7-14/h14-16H,2-9,12H2,1H3. The van der Waals surface area contributed by atoms with Gasteiger partial charge in [-0.05, 0) is 39.0 Å². The molecule has 0 aromatic rings. The Hall–Kier alpha value is -0.770. The molecule has 0 spiro atoms. The highest BCUT2D eigenvalue weighted by atomic mass is 16.1. The van der Waals surface area contributed by atoms with E-state index in [1.54, 1.807) is 6.92 Å². The van der Waals surface area contributed by atoms with E-state index in [4.69, 9.17) is 0 Å². The van der Waals surface area contributed by atoms with Crippen molar-refractivity contribution in [1.82, 2.24) is 0 Å². The molecule has 2 rings (SSSR count). The fraction of sp³-hybridized carbons (Fsp3) is 0.812. The molecule has 2 aliphatic rings. The quantitative estimate of drug-likeness (QED) is 0.625. The van der Waals surface area contributed by atoms with Crippen LogP contribution in [0.5, 0.6) is 0 Å². The lowest BCUT2D eigenvalue weighted by Gasteiger charge is -2.24. The summed E-state index contributed by atoms with van der Waals surface area (Å²) in [5.41, 5.74) is 0. The molecule has 0 aromatic heterocycles. The van der Waals surface area contributed by atoms with Crippen molar-refractivity contribution in [1.29, 1.82) is 0 Å². The highest BCUT2D eigenvalue weighted by Crippen LogP contribution is 2.30. The zero-order valence-corrected chi connectivity index (χ0v) is 11.0. The van der Waals surface area contributed by atoms with Gasteiger partial charge in [-0.2, -0.15) is 0 Å². The fourth-order valence-corrected chi connectivity index (χ4v) is 3.17. The highest BCUT2D eigenvalue weighted by Gasteiger charge is 2.23. The Labute approximate surface area is 105 Å². The average molecular weight is 232 g/mol. The molecule has 2 unspecified atom stereocenters. The second-order valence-electron chi connectivity index (χ2n) is 5.79. The van der Waals surface area contributed by atoms with Crippen LogP contribution in [0.15, 0.2) is 0 Å². The summed E-state index contributed by atoms with van der Waals surface area (Å²) < 4.78 is 0. The smallest absolute Gasteiger partial charge is 0.132 e. The molecule has 1 heteroatoms. The number of hydrogen-bond donors (Lipinski definition) is 0. The summed E-state index contributed by atoms with van der Waals surface area (Å²) in [6.45, 7) is 1.74. The number of Topliss-reactive ketones (excluding diaryl/α,β-unsaturated/α-hetero) is 1. The first-order chi connectivity index (χ1) is 8.25. The Morgan fingerprint density at radius 3 is 2.24 bits per heavy atom. The first-order valence-electron chi connectivity index (χ1n) is 7.27. The Morgan fingerprint density at radius 1 is 0.882 bits per heavy atom. The number of hydrogen-bond acceptors (Lipinski definition) is 1. The lowest BCUT2D eigenvalue weighted by atomic mass is 9.79. The van der Waals surface area contributed by atoms with Gasteiger partial charge in [-0.1, -0.05) is 37.5 Å². The molecule has 0 bridgehead atoms. The predicted octanol–water partition coefficient (Wildman–Crippen LogP) is 3.97. The minimum absolute atomic E-state index is 0.300. The van der Waals surface area contributed by atoms with Crippen LogP contribution >= 0.6 is 0 Å². The van der Waals surface area contributed by atoms with Crippen LogP contribution in [0, 0.1) is 29.6 Å². The van der Waals surface area contributed by atoms with Gasteiger partial charge in [0.2, 0.25) is 0 Å². The molecule has 0 saturated heterocycles. The van der Waals surface area contributed by atoms with E-state index in [0.29, 0.717) is 23.5 Å². The summed E-state index contributed by atoms with van der Waals surface area (Å²) in [7, 11) is 0. The molecule has 1 nitrogen and oxygen atoms in total. The van der Waals surface area contributed by atoms with E-state index < -0.39 is 0 Å². The first-order valence-corrected chi connectivity index (χ1v) is 7.27. The van der Waals surface area contributed by atoms with E-state index in [1.165, 1.54) is 44.9 Å². The molecule has 94 valence electrons. The van der Waals surface area contributed by atoms with Gasteiger partial charge in [-0.15, -0.1) is 0 Å². The Kier molecular flexibility index (Phi) is 4.66. The van der Waals surface area contributed by atoms with Gasteiger partial charge in [0.15, 0.2) is 0 Å². The fourth-order valence-electron chi connectivity index (χ4n) is 3.17. The zero-order valence-electron chi connectivity index (χ0n) is 11.0. The SMILES string of the molecule is CC(=O)C1CCCC(C#CC2CCCCC2)C1. The molecule has 2 atom stereocenters. The van der Waals surface area contributed by atoms with Gasteiger partial charge in [0, 0.05) is 17.8 Å². The molecule has 0 amide bonds. The number of ketones is 1. The van der Waals surface area contributed by atoms with E-state index >= 15 is 0 Å². The molecule has 0 N–H and O–H groups in total. The van der Waals surface area contributed by atoms with Crippen LogP contribution in [-0.2, 0) is 4.79 Å². The van der Waals surface area contributed by atoms with Crippen molar-refractivity contribution < 1.29 is 4.79 Å². The Bertz CT molecular complexity index is 314. The second-order valence-corrected chi connectivity index (χ2v) is 5.79. The molecule has 0 radical (unpaired) electrons. The molecular formula is C16H24O.